The molecule has 1 aromatic rings. The first-order valence-electron chi connectivity index (χ1n) is 5.08. The molecule has 0 aromatic carbocycles. The maximum atomic E-state index is 5.98. The Morgan fingerprint density at radius 3 is 2.79 bits per heavy atom. The SMILES string of the molecule is Cn1nc(C[C@@H]2CCC[C@H]2N)nc1N. The van der Waals surface area contributed by atoms with Gasteiger partial charge in [0, 0.05) is 19.5 Å². The molecule has 1 aromatic heterocycles. The molecule has 1 fully saturated rings. The van der Waals surface area contributed by atoms with E-state index in [-0.39, 0.29) is 0 Å². The summed E-state index contributed by atoms with van der Waals surface area (Å²) in [6.45, 7) is 0. The summed E-state index contributed by atoms with van der Waals surface area (Å²) in [5.41, 5.74) is 11.6. The molecule has 2 rings (SSSR count). The van der Waals surface area contributed by atoms with Crippen molar-refractivity contribution in [3.8, 4) is 0 Å². The smallest absolute Gasteiger partial charge is 0.218 e. The van der Waals surface area contributed by atoms with Crippen LogP contribution in [0.4, 0.5) is 5.95 Å². The van der Waals surface area contributed by atoms with Crippen LogP contribution >= 0.6 is 0 Å². The molecule has 5 heteroatoms. The van der Waals surface area contributed by atoms with Gasteiger partial charge in [-0.15, -0.1) is 0 Å². The minimum atomic E-state index is 0.319. The van der Waals surface area contributed by atoms with Crippen LogP contribution < -0.4 is 11.5 Å². The van der Waals surface area contributed by atoms with Crippen molar-refractivity contribution >= 4 is 5.95 Å². The lowest BCUT2D eigenvalue weighted by Gasteiger charge is -2.12. The lowest BCUT2D eigenvalue weighted by Crippen LogP contribution is -2.26. The number of anilines is 1. The Hall–Kier alpha value is -1.10. The van der Waals surface area contributed by atoms with E-state index in [1.165, 1.54) is 12.8 Å². The molecular weight excluding hydrogens is 178 g/mol. The van der Waals surface area contributed by atoms with Crippen molar-refractivity contribution < 1.29 is 0 Å². The van der Waals surface area contributed by atoms with E-state index in [1.54, 1.807) is 11.7 Å². The van der Waals surface area contributed by atoms with E-state index < -0.39 is 0 Å². The summed E-state index contributed by atoms with van der Waals surface area (Å²) >= 11 is 0. The summed E-state index contributed by atoms with van der Waals surface area (Å²) in [6.07, 6.45) is 4.42. The molecule has 0 spiro atoms. The summed E-state index contributed by atoms with van der Waals surface area (Å²) in [5.74, 6) is 1.84. The van der Waals surface area contributed by atoms with Gasteiger partial charge in [0.15, 0.2) is 5.82 Å². The zero-order valence-corrected chi connectivity index (χ0v) is 8.48. The Morgan fingerprint density at radius 2 is 2.29 bits per heavy atom. The second kappa shape index (κ2) is 3.57. The first-order chi connectivity index (χ1) is 6.66. The zero-order chi connectivity index (χ0) is 10.1. The van der Waals surface area contributed by atoms with Crippen molar-refractivity contribution in [2.45, 2.75) is 31.7 Å². The Kier molecular flexibility index (Phi) is 2.41. The van der Waals surface area contributed by atoms with Crippen LogP contribution in [0.25, 0.3) is 0 Å². The quantitative estimate of drug-likeness (QED) is 0.699. The Bertz CT molecular complexity index is 300. The average molecular weight is 195 g/mol. The molecule has 1 heterocycles. The fourth-order valence-electron chi connectivity index (χ4n) is 2.09. The maximum Gasteiger partial charge on any atom is 0.218 e. The molecule has 0 aliphatic heterocycles. The predicted octanol–water partition coefficient (Wildman–Crippen LogP) is 0.0672. The molecule has 0 unspecified atom stereocenters. The first-order valence-corrected chi connectivity index (χ1v) is 5.08. The van der Waals surface area contributed by atoms with Crippen LogP contribution in [-0.2, 0) is 13.5 Å². The highest BCUT2D eigenvalue weighted by molar-refractivity contribution is 5.15. The number of aryl methyl sites for hydroxylation is 1. The number of nitrogen functional groups attached to an aromatic ring is 1. The van der Waals surface area contributed by atoms with Gasteiger partial charge in [0.2, 0.25) is 5.95 Å². The number of hydrogen-bond acceptors (Lipinski definition) is 4. The average Bonchev–Trinajstić information content (AvgIpc) is 2.63. The topological polar surface area (TPSA) is 82.8 Å². The summed E-state index contributed by atoms with van der Waals surface area (Å²) in [4.78, 5) is 4.18. The second-order valence-corrected chi connectivity index (χ2v) is 4.07. The van der Waals surface area contributed by atoms with Gasteiger partial charge in [-0.25, -0.2) is 4.68 Å². The van der Waals surface area contributed by atoms with Crippen molar-refractivity contribution in [2.24, 2.45) is 18.7 Å². The van der Waals surface area contributed by atoms with Crippen LogP contribution in [0.1, 0.15) is 25.1 Å². The standard InChI is InChI=1S/C9H17N5/c1-14-9(11)12-8(13-14)5-6-3-2-4-7(6)10/h6-7H,2-5,10H2,1H3,(H2,11,12,13)/t6-,7+/m0/s1. The van der Waals surface area contributed by atoms with Gasteiger partial charge < -0.3 is 11.5 Å². The number of hydrogen-bond donors (Lipinski definition) is 2. The third kappa shape index (κ3) is 1.72. The zero-order valence-electron chi connectivity index (χ0n) is 8.48. The molecule has 0 amide bonds. The molecule has 0 radical (unpaired) electrons. The van der Waals surface area contributed by atoms with Crippen LogP contribution in [0.2, 0.25) is 0 Å². The van der Waals surface area contributed by atoms with E-state index in [0.717, 1.165) is 18.7 Å². The molecule has 1 saturated carbocycles. The number of rotatable bonds is 2. The van der Waals surface area contributed by atoms with Crippen molar-refractivity contribution in [1.29, 1.82) is 0 Å². The van der Waals surface area contributed by atoms with Crippen LogP contribution in [0.15, 0.2) is 0 Å². The van der Waals surface area contributed by atoms with E-state index in [2.05, 4.69) is 10.1 Å². The van der Waals surface area contributed by atoms with Gasteiger partial charge in [-0.2, -0.15) is 10.1 Å². The molecule has 14 heavy (non-hydrogen) atoms. The van der Waals surface area contributed by atoms with E-state index in [4.69, 9.17) is 11.5 Å². The highest BCUT2D eigenvalue weighted by Gasteiger charge is 2.25. The second-order valence-electron chi connectivity index (χ2n) is 4.07. The number of aromatic nitrogens is 3. The summed E-state index contributed by atoms with van der Waals surface area (Å²) in [5, 5.41) is 4.23. The van der Waals surface area contributed by atoms with Crippen LogP contribution in [0.5, 0.6) is 0 Å². The van der Waals surface area contributed by atoms with Gasteiger partial charge in [0.05, 0.1) is 0 Å². The van der Waals surface area contributed by atoms with Gasteiger partial charge in [-0.3, -0.25) is 0 Å². The highest BCUT2D eigenvalue weighted by atomic mass is 15.4. The van der Waals surface area contributed by atoms with Gasteiger partial charge in [0.25, 0.3) is 0 Å². The van der Waals surface area contributed by atoms with E-state index in [9.17, 15) is 0 Å². The molecule has 1 aliphatic rings. The fraction of sp³-hybridized carbons (Fsp3) is 0.778. The van der Waals surface area contributed by atoms with Gasteiger partial charge in [-0.05, 0) is 18.8 Å². The van der Waals surface area contributed by atoms with Crippen LogP contribution in [-0.4, -0.2) is 20.8 Å². The van der Waals surface area contributed by atoms with E-state index >= 15 is 0 Å². The van der Waals surface area contributed by atoms with Gasteiger partial charge in [0.1, 0.15) is 0 Å². The lowest BCUT2D eigenvalue weighted by molar-refractivity contribution is 0.467. The van der Waals surface area contributed by atoms with Gasteiger partial charge in [-0.1, -0.05) is 6.42 Å². The predicted molar refractivity (Wildman–Crippen MR) is 54.4 cm³/mol. The van der Waals surface area contributed by atoms with Crippen molar-refractivity contribution in [1.82, 2.24) is 14.8 Å². The van der Waals surface area contributed by atoms with Crippen molar-refractivity contribution in [2.75, 3.05) is 5.73 Å². The largest absolute Gasteiger partial charge is 0.368 e. The van der Waals surface area contributed by atoms with Crippen LogP contribution in [0.3, 0.4) is 0 Å². The highest BCUT2D eigenvalue weighted by Crippen LogP contribution is 2.26. The minimum absolute atomic E-state index is 0.319. The third-order valence-corrected chi connectivity index (χ3v) is 3.00. The van der Waals surface area contributed by atoms with Crippen LogP contribution in [0, 0.1) is 5.92 Å². The molecule has 5 nitrogen and oxygen atoms in total. The van der Waals surface area contributed by atoms with Crippen molar-refractivity contribution in [3.05, 3.63) is 5.82 Å². The molecule has 1 aliphatic carbocycles. The van der Waals surface area contributed by atoms with Crippen molar-refractivity contribution in [3.63, 3.8) is 0 Å². The molecule has 2 atom stereocenters. The minimum Gasteiger partial charge on any atom is -0.368 e. The lowest BCUT2D eigenvalue weighted by atomic mass is 10.0. The van der Waals surface area contributed by atoms with Gasteiger partial charge >= 0.3 is 0 Å². The first kappa shape index (κ1) is 9.45. The summed E-state index contributed by atoms with van der Waals surface area (Å²) in [7, 11) is 1.81. The Labute approximate surface area is 83.5 Å². The summed E-state index contributed by atoms with van der Waals surface area (Å²) < 4.78 is 1.61. The molecule has 0 saturated heterocycles. The Balaban J connectivity index is 2.03. The normalized spacial score (nSPS) is 27.0. The Morgan fingerprint density at radius 1 is 1.50 bits per heavy atom. The molecule has 4 N–H and O–H groups in total. The fourth-order valence-corrected chi connectivity index (χ4v) is 2.09. The molecule has 0 bridgehead atoms. The number of nitrogens with two attached hydrogens (primary N) is 2. The van der Waals surface area contributed by atoms with E-state index in [0.29, 0.717) is 17.9 Å². The summed E-state index contributed by atoms with van der Waals surface area (Å²) in [6, 6.07) is 0.319. The molecular formula is C9H17N5. The maximum absolute atomic E-state index is 5.98. The monoisotopic (exact) mass is 195 g/mol. The number of nitrogens with zero attached hydrogens (tertiary/aromatic N) is 3. The third-order valence-electron chi connectivity index (χ3n) is 3.00. The van der Waals surface area contributed by atoms with E-state index in [1.807, 2.05) is 0 Å². The molecule has 78 valence electrons.